The van der Waals surface area contributed by atoms with Crippen molar-refractivity contribution in [3.8, 4) is 0 Å². The maximum absolute atomic E-state index is 11.7. The van der Waals surface area contributed by atoms with Crippen molar-refractivity contribution < 1.29 is 13.9 Å². The molecule has 122 valence electrons. The molecule has 22 heavy (non-hydrogen) atoms. The first-order chi connectivity index (χ1) is 10.6. The van der Waals surface area contributed by atoms with Crippen molar-refractivity contribution in [1.29, 1.82) is 0 Å². The van der Waals surface area contributed by atoms with Crippen molar-refractivity contribution in [2.75, 3.05) is 26.8 Å². The van der Waals surface area contributed by atoms with Crippen molar-refractivity contribution in [2.45, 2.75) is 45.2 Å². The Bertz CT molecular complexity index is 518. The van der Waals surface area contributed by atoms with E-state index in [1.165, 1.54) is 6.42 Å². The van der Waals surface area contributed by atoms with Crippen LogP contribution >= 0.6 is 0 Å². The normalized spacial score (nSPS) is 24.2. The fraction of sp³-hybridized carbons (Fsp3) is 0.706. The van der Waals surface area contributed by atoms with Crippen molar-refractivity contribution in [2.24, 2.45) is 5.41 Å². The number of carbonyl (C=O) groups is 1. The number of hydrogen-bond donors (Lipinski definition) is 1. The summed E-state index contributed by atoms with van der Waals surface area (Å²) in [4.78, 5) is 14.2. The van der Waals surface area contributed by atoms with E-state index in [0.29, 0.717) is 11.5 Å². The Morgan fingerprint density at radius 3 is 2.73 bits per heavy atom. The molecule has 1 amide bonds. The Kier molecular flexibility index (Phi) is 4.54. The van der Waals surface area contributed by atoms with Gasteiger partial charge in [-0.25, -0.2) is 0 Å². The molecule has 1 aromatic rings. The van der Waals surface area contributed by atoms with Crippen molar-refractivity contribution in [3.05, 3.63) is 23.7 Å². The smallest absolute Gasteiger partial charge is 0.246 e. The Balaban J connectivity index is 1.49. The van der Waals surface area contributed by atoms with Gasteiger partial charge in [0, 0.05) is 13.2 Å². The Morgan fingerprint density at radius 2 is 2.18 bits per heavy atom. The molecule has 1 unspecified atom stereocenters. The van der Waals surface area contributed by atoms with E-state index >= 15 is 0 Å². The predicted molar refractivity (Wildman–Crippen MR) is 83.4 cm³/mol. The summed E-state index contributed by atoms with van der Waals surface area (Å²) in [6.07, 6.45) is 4.65. The molecule has 2 heterocycles. The van der Waals surface area contributed by atoms with Gasteiger partial charge in [-0.3, -0.25) is 9.69 Å². The molecule has 5 heteroatoms. The second kappa shape index (κ2) is 6.42. The molecule has 1 spiro atoms. The van der Waals surface area contributed by atoms with Crippen LogP contribution in [-0.2, 0) is 16.1 Å². The molecule has 0 bridgehead atoms. The molecule has 2 fully saturated rings. The van der Waals surface area contributed by atoms with E-state index in [1.54, 1.807) is 7.11 Å². The van der Waals surface area contributed by atoms with Gasteiger partial charge < -0.3 is 14.5 Å². The summed E-state index contributed by atoms with van der Waals surface area (Å²) in [7, 11) is 1.56. The summed E-state index contributed by atoms with van der Waals surface area (Å²) in [5.74, 6) is 2.04. The van der Waals surface area contributed by atoms with E-state index in [-0.39, 0.29) is 12.5 Å². The number of ether oxygens (including phenoxy) is 1. The first-order valence-corrected chi connectivity index (χ1v) is 8.17. The molecule has 1 aliphatic heterocycles. The number of methoxy groups -OCH3 is 1. The second-order valence-corrected chi connectivity index (χ2v) is 6.74. The number of aryl methyl sites for hydroxylation is 1. The lowest BCUT2D eigenvalue weighted by Gasteiger charge is -2.54. The highest BCUT2D eigenvalue weighted by molar-refractivity contribution is 5.77. The summed E-state index contributed by atoms with van der Waals surface area (Å²) in [5, 5.41) is 3.14. The van der Waals surface area contributed by atoms with Gasteiger partial charge >= 0.3 is 0 Å². The molecular formula is C17H26N2O3. The fourth-order valence-electron chi connectivity index (χ4n) is 3.83. The highest BCUT2D eigenvalue weighted by Gasteiger charge is 2.48. The molecule has 1 aromatic heterocycles. The van der Waals surface area contributed by atoms with E-state index < -0.39 is 0 Å². The SMILES string of the molecule is COCC(=O)NC1CCC12CCN(Cc1ccc(C)o1)CC2. The first-order valence-electron chi connectivity index (χ1n) is 8.17. The molecular weight excluding hydrogens is 280 g/mol. The summed E-state index contributed by atoms with van der Waals surface area (Å²) < 4.78 is 10.6. The molecule has 1 atom stereocenters. The Morgan fingerprint density at radius 1 is 1.41 bits per heavy atom. The lowest BCUT2D eigenvalue weighted by molar-refractivity contribution is -0.129. The van der Waals surface area contributed by atoms with Gasteiger partial charge in [0.25, 0.3) is 0 Å². The van der Waals surface area contributed by atoms with Crippen LogP contribution < -0.4 is 5.32 Å². The van der Waals surface area contributed by atoms with Crippen LogP contribution in [0, 0.1) is 12.3 Å². The third-order valence-electron chi connectivity index (χ3n) is 5.31. The molecule has 3 rings (SSSR count). The Labute approximate surface area is 132 Å². The number of hydrogen-bond acceptors (Lipinski definition) is 4. The van der Waals surface area contributed by atoms with Gasteiger partial charge in [0.05, 0.1) is 6.54 Å². The zero-order valence-corrected chi connectivity index (χ0v) is 13.6. The maximum Gasteiger partial charge on any atom is 0.246 e. The number of piperidine rings is 1. The predicted octanol–water partition coefficient (Wildman–Crippen LogP) is 2.10. The minimum Gasteiger partial charge on any atom is -0.465 e. The van der Waals surface area contributed by atoms with Gasteiger partial charge in [0.2, 0.25) is 5.91 Å². The first kappa shape index (κ1) is 15.6. The summed E-state index contributed by atoms with van der Waals surface area (Å²) >= 11 is 0. The average Bonchev–Trinajstić information content (AvgIpc) is 2.90. The minimum absolute atomic E-state index is 0.0139. The van der Waals surface area contributed by atoms with Crippen LogP contribution in [0.1, 0.15) is 37.2 Å². The summed E-state index contributed by atoms with van der Waals surface area (Å²) in [6, 6.07) is 4.42. The van der Waals surface area contributed by atoms with E-state index in [2.05, 4.69) is 16.3 Å². The van der Waals surface area contributed by atoms with Crippen LogP contribution in [0.2, 0.25) is 0 Å². The second-order valence-electron chi connectivity index (χ2n) is 6.74. The fourth-order valence-corrected chi connectivity index (χ4v) is 3.83. The standard InChI is InChI=1S/C17H26N2O3/c1-13-3-4-14(22-13)11-19-9-7-17(8-10-19)6-5-15(17)18-16(20)12-21-2/h3-4,15H,5-12H2,1-2H3,(H,18,20). The quantitative estimate of drug-likeness (QED) is 0.905. The third kappa shape index (κ3) is 3.20. The highest BCUT2D eigenvalue weighted by Crippen LogP contribution is 2.49. The molecule has 1 N–H and O–H groups in total. The summed E-state index contributed by atoms with van der Waals surface area (Å²) in [5.41, 5.74) is 0.318. The van der Waals surface area contributed by atoms with Crippen LogP contribution in [0.5, 0.6) is 0 Å². The van der Waals surface area contributed by atoms with E-state index in [1.807, 2.05) is 13.0 Å². The molecule has 1 saturated heterocycles. The van der Waals surface area contributed by atoms with Crippen LogP contribution in [0.3, 0.4) is 0 Å². The van der Waals surface area contributed by atoms with Crippen LogP contribution in [0.15, 0.2) is 16.5 Å². The Hall–Kier alpha value is -1.33. The monoisotopic (exact) mass is 306 g/mol. The van der Waals surface area contributed by atoms with Crippen molar-refractivity contribution in [3.63, 3.8) is 0 Å². The van der Waals surface area contributed by atoms with Gasteiger partial charge in [-0.2, -0.15) is 0 Å². The zero-order valence-electron chi connectivity index (χ0n) is 13.6. The van der Waals surface area contributed by atoms with Gasteiger partial charge in [0.15, 0.2) is 0 Å². The molecule has 2 aliphatic rings. The molecule has 1 aliphatic carbocycles. The van der Waals surface area contributed by atoms with Gasteiger partial charge in [-0.15, -0.1) is 0 Å². The topological polar surface area (TPSA) is 54.7 Å². The molecule has 1 saturated carbocycles. The minimum atomic E-state index is 0.0139. The third-order valence-corrected chi connectivity index (χ3v) is 5.31. The highest BCUT2D eigenvalue weighted by atomic mass is 16.5. The summed E-state index contributed by atoms with van der Waals surface area (Å²) in [6.45, 7) is 5.20. The van der Waals surface area contributed by atoms with Gasteiger partial charge in [-0.05, 0) is 63.2 Å². The maximum atomic E-state index is 11.7. The lowest BCUT2D eigenvalue weighted by Crippen LogP contribution is -2.59. The van der Waals surface area contributed by atoms with Gasteiger partial charge in [0.1, 0.15) is 18.1 Å². The van der Waals surface area contributed by atoms with Crippen LogP contribution in [0.25, 0.3) is 0 Å². The van der Waals surface area contributed by atoms with Crippen molar-refractivity contribution >= 4 is 5.91 Å². The molecule has 0 radical (unpaired) electrons. The van der Waals surface area contributed by atoms with Crippen LogP contribution in [-0.4, -0.2) is 43.7 Å². The number of rotatable bonds is 5. The van der Waals surface area contributed by atoms with E-state index in [9.17, 15) is 4.79 Å². The largest absolute Gasteiger partial charge is 0.465 e. The van der Waals surface area contributed by atoms with Gasteiger partial charge in [-0.1, -0.05) is 0 Å². The zero-order chi connectivity index (χ0) is 15.6. The number of carbonyl (C=O) groups excluding carboxylic acids is 1. The average molecular weight is 306 g/mol. The number of furan rings is 1. The number of nitrogens with zero attached hydrogens (tertiary/aromatic N) is 1. The van der Waals surface area contributed by atoms with Crippen LogP contribution in [0.4, 0.5) is 0 Å². The number of nitrogens with one attached hydrogen (secondary N) is 1. The lowest BCUT2D eigenvalue weighted by atomic mass is 9.59. The molecule has 0 aromatic carbocycles. The van der Waals surface area contributed by atoms with E-state index in [0.717, 1.165) is 50.4 Å². The van der Waals surface area contributed by atoms with E-state index in [4.69, 9.17) is 9.15 Å². The number of amides is 1. The van der Waals surface area contributed by atoms with Crippen molar-refractivity contribution in [1.82, 2.24) is 10.2 Å². The molecule has 5 nitrogen and oxygen atoms in total. The number of likely N-dealkylation sites (tertiary alicyclic amines) is 1.